The Hall–Kier alpha value is -3.83. The van der Waals surface area contributed by atoms with Gasteiger partial charge < -0.3 is 9.40 Å². The van der Waals surface area contributed by atoms with Crippen LogP contribution in [0.4, 0.5) is 0 Å². The fourth-order valence-electron chi connectivity index (χ4n) is 4.14. The van der Waals surface area contributed by atoms with Gasteiger partial charge in [-0.2, -0.15) is 0 Å². The second-order valence-corrected chi connectivity index (χ2v) is 12.3. The first kappa shape index (κ1) is 22.9. The van der Waals surface area contributed by atoms with Crippen LogP contribution in [0.5, 0.6) is 0 Å². The van der Waals surface area contributed by atoms with Crippen LogP contribution >= 0.6 is 0 Å². The predicted octanol–water partition coefficient (Wildman–Crippen LogP) is 3.01. The van der Waals surface area contributed by atoms with E-state index in [0.29, 0.717) is 21.8 Å². The van der Waals surface area contributed by atoms with Gasteiger partial charge in [-0.1, -0.05) is 23.4 Å². The highest BCUT2D eigenvalue weighted by Gasteiger charge is 2.31. The zero-order chi connectivity index (χ0) is 25.1. The van der Waals surface area contributed by atoms with Crippen LogP contribution in [0.15, 0.2) is 75.6 Å². The molecular formula is C24H18N2O7S2. The number of fused-ring (bicyclic) bond motifs is 3. The molecule has 2 heterocycles. The Bertz CT molecular complexity index is 1820. The fourth-order valence-corrected chi connectivity index (χ4v) is 5.45. The quantitative estimate of drug-likeness (QED) is 0.305. The van der Waals surface area contributed by atoms with Crippen LogP contribution in [0.1, 0.15) is 20.7 Å². The van der Waals surface area contributed by atoms with Gasteiger partial charge in [-0.25, -0.2) is 21.6 Å². The number of carbonyl (C=O) groups is 2. The van der Waals surface area contributed by atoms with Crippen LogP contribution in [-0.2, 0) is 31.1 Å². The van der Waals surface area contributed by atoms with Crippen molar-refractivity contribution in [3.63, 3.8) is 0 Å². The summed E-state index contributed by atoms with van der Waals surface area (Å²) in [5.74, 6) is -1.33. The Morgan fingerprint density at radius 1 is 0.886 bits per heavy atom. The van der Waals surface area contributed by atoms with E-state index in [0.717, 1.165) is 12.5 Å². The Labute approximate surface area is 200 Å². The second-order valence-electron chi connectivity index (χ2n) is 8.29. The van der Waals surface area contributed by atoms with Crippen molar-refractivity contribution in [1.82, 2.24) is 4.57 Å². The molecule has 5 rings (SSSR count). The van der Waals surface area contributed by atoms with Crippen LogP contribution in [0, 0.1) is 0 Å². The van der Waals surface area contributed by atoms with Crippen LogP contribution in [0.2, 0.25) is 0 Å². The van der Waals surface area contributed by atoms with Crippen molar-refractivity contribution in [3.8, 4) is 0 Å². The Morgan fingerprint density at radius 3 is 2.20 bits per heavy atom. The SMILES string of the molecule is CS(=O)(=O)c1ccc2c(c1)c1cc(S(C)(=O)=O)cc3c1n2CC(=NOC(=O)c1ccccc1)C3=O. The van der Waals surface area contributed by atoms with Crippen molar-refractivity contribution in [2.75, 3.05) is 12.5 Å². The zero-order valence-corrected chi connectivity index (χ0v) is 20.2. The fraction of sp³-hybridized carbons (Fsp3) is 0.125. The van der Waals surface area contributed by atoms with Crippen molar-refractivity contribution in [2.24, 2.45) is 5.16 Å². The molecule has 35 heavy (non-hydrogen) atoms. The molecule has 0 radical (unpaired) electrons. The molecule has 1 aliphatic heterocycles. The molecule has 0 saturated heterocycles. The molecule has 4 aromatic rings. The summed E-state index contributed by atoms with van der Waals surface area (Å²) in [6, 6.07) is 15.3. The van der Waals surface area contributed by atoms with Crippen LogP contribution in [0.3, 0.4) is 0 Å². The number of Topliss-reactive ketones (excluding diaryl/α,β-unsaturated/α-hetero) is 1. The van der Waals surface area contributed by atoms with Crippen LogP contribution in [0.25, 0.3) is 21.8 Å². The molecule has 0 saturated carbocycles. The summed E-state index contributed by atoms with van der Waals surface area (Å²) in [5.41, 5.74) is 1.26. The highest BCUT2D eigenvalue weighted by atomic mass is 32.2. The van der Waals surface area contributed by atoms with E-state index in [1.54, 1.807) is 41.0 Å². The van der Waals surface area contributed by atoms with E-state index in [1.807, 2.05) is 0 Å². The summed E-state index contributed by atoms with van der Waals surface area (Å²) >= 11 is 0. The molecule has 0 fully saturated rings. The second kappa shape index (κ2) is 7.85. The Morgan fingerprint density at radius 2 is 1.54 bits per heavy atom. The number of hydrogen-bond donors (Lipinski definition) is 0. The summed E-state index contributed by atoms with van der Waals surface area (Å²) in [5, 5.41) is 4.72. The smallest absolute Gasteiger partial charge is 0.333 e. The number of benzene rings is 3. The Kier molecular flexibility index (Phi) is 5.15. The molecule has 0 amide bonds. The van der Waals surface area contributed by atoms with Crippen molar-refractivity contribution < 1.29 is 31.3 Å². The van der Waals surface area contributed by atoms with Crippen molar-refractivity contribution >= 4 is 58.9 Å². The van der Waals surface area contributed by atoms with Crippen molar-refractivity contribution in [1.29, 1.82) is 0 Å². The maximum absolute atomic E-state index is 13.3. The number of sulfone groups is 2. The minimum atomic E-state index is -3.71. The molecule has 178 valence electrons. The third kappa shape index (κ3) is 3.92. The van der Waals surface area contributed by atoms with Crippen molar-refractivity contribution in [3.05, 3.63) is 71.8 Å². The topological polar surface area (TPSA) is 129 Å². The monoisotopic (exact) mass is 510 g/mol. The molecular weight excluding hydrogens is 492 g/mol. The minimum absolute atomic E-state index is 0.0512. The molecule has 11 heteroatoms. The summed E-state index contributed by atoms with van der Waals surface area (Å²) in [6.07, 6.45) is 2.10. The average molecular weight is 511 g/mol. The van der Waals surface area contributed by atoms with E-state index in [9.17, 15) is 26.4 Å². The summed E-state index contributed by atoms with van der Waals surface area (Å²) in [6.45, 7) is -0.0512. The third-order valence-electron chi connectivity index (χ3n) is 5.82. The molecule has 1 aromatic heterocycles. The van der Waals surface area contributed by atoms with E-state index in [1.165, 1.54) is 24.3 Å². The lowest BCUT2D eigenvalue weighted by Crippen LogP contribution is -2.27. The number of oxime groups is 1. The maximum Gasteiger partial charge on any atom is 0.365 e. The summed E-state index contributed by atoms with van der Waals surface area (Å²) in [4.78, 5) is 30.6. The summed E-state index contributed by atoms with van der Waals surface area (Å²) in [7, 11) is -7.24. The summed E-state index contributed by atoms with van der Waals surface area (Å²) < 4.78 is 50.8. The highest BCUT2D eigenvalue weighted by molar-refractivity contribution is 7.91. The van der Waals surface area contributed by atoms with Crippen LogP contribution < -0.4 is 0 Å². The van der Waals surface area contributed by atoms with Gasteiger partial charge in [0.25, 0.3) is 0 Å². The molecule has 0 bridgehead atoms. The first-order valence-electron chi connectivity index (χ1n) is 10.3. The van der Waals surface area contributed by atoms with Gasteiger partial charge in [-0.15, -0.1) is 0 Å². The first-order chi connectivity index (χ1) is 16.4. The van der Waals surface area contributed by atoms with E-state index >= 15 is 0 Å². The van der Waals surface area contributed by atoms with Gasteiger partial charge in [-0.3, -0.25) is 4.79 Å². The van der Waals surface area contributed by atoms with E-state index < -0.39 is 31.4 Å². The van der Waals surface area contributed by atoms with Crippen LogP contribution in [-0.4, -0.2) is 51.4 Å². The van der Waals surface area contributed by atoms with Gasteiger partial charge in [0.15, 0.2) is 19.7 Å². The molecule has 0 aliphatic carbocycles. The number of hydrogen-bond acceptors (Lipinski definition) is 8. The largest absolute Gasteiger partial charge is 0.365 e. The average Bonchev–Trinajstić information content (AvgIpc) is 3.13. The molecule has 0 unspecified atom stereocenters. The Balaban J connectivity index is 1.72. The first-order valence-corrected chi connectivity index (χ1v) is 14.1. The van der Waals surface area contributed by atoms with Crippen molar-refractivity contribution in [2.45, 2.75) is 16.3 Å². The number of carbonyl (C=O) groups excluding carboxylic acids is 2. The molecule has 0 N–H and O–H groups in total. The lowest BCUT2D eigenvalue weighted by Gasteiger charge is -2.17. The normalized spacial score (nSPS) is 15.1. The standard InChI is InChI=1S/C24H18N2O7S2/c1-34(29,30)15-8-9-21-17(10-15)18-11-16(35(2,31)32)12-19-22(18)26(21)13-20(23(19)27)25-33-24(28)14-6-4-3-5-7-14/h3-12H,13H2,1-2H3. The van der Waals surface area contributed by atoms with Gasteiger partial charge in [0.1, 0.15) is 5.71 Å². The van der Waals surface area contributed by atoms with E-state index in [2.05, 4.69) is 5.16 Å². The lowest BCUT2D eigenvalue weighted by molar-refractivity contribution is 0.0514. The molecule has 0 spiro atoms. The number of nitrogens with zero attached hydrogens (tertiary/aromatic N) is 2. The zero-order valence-electron chi connectivity index (χ0n) is 18.5. The molecule has 9 nitrogen and oxygen atoms in total. The molecule has 0 atom stereocenters. The third-order valence-corrected chi connectivity index (χ3v) is 8.02. The number of ketones is 1. The number of rotatable bonds is 4. The lowest BCUT2D eigenvalue weighted by atomic mass is 10.0. The minimum Gasteiger partial charge on any atom is -0.333 e. The van der Waals surface area contributed by atoms with E-state index in [4.69, 9.17) is 4.84 Å². The van der Waals surface area contributed by atoms with Gasteiger partial charge >= 0.3 is 5.97 Å². The molecule has 1 aliphatic rings. The number of aromatic nitrogens is 1. The van der Waals surface area contributed by atoms with Gasteiger partial charge in [0.05, 0.1) is 27.4 Å². The highest BCUT2D eigenvalue weighted by Crippen LogP contribution is 2.37. The van der Waals surface area contributed by atoms with Gasteiger partial charge in [-0.05, 0) is 42.5 Å². The van der Waals surface area contributed by atoms with Gasteiger partial charge in [0, 0.05) is 34.4 Å². The van der Waals surface area contributed by atoms with E-state index in [-0.39, 0.29) is 33.2 Å². The maximum atomic E-state index is 13.3. The van der Waals surface area contributed by atoms with Gasteiger partial charge in [0.2, 0.25) is 5.78 Å². The molecule has 3 aromatic carbocycles. The predicted molar refractivity (Wildman–Crippen MR) is 129 cm³/mol.